The number of hydrogen-bond donors (Lipinski definition) is 2. The fraction of sp³-hybridized carbons (Fsp3) is 0.0952. The van der Waals surface area contributed by atoms with E-state index in [0.717, 1.165) is 4.90 Å². The van der Waals surface area contributed by atoms with Crippen molar-refractivity contribution in [3.63, 3.8) is 0 Å². The summed E-state index contributed by atoms with van der Waals surface area (Å²) in [5, 5.41) is 5.06. The number of anilines is 2. The number of rotatable bonds is 3. The molecule has 0 unspecified atom stereocenters. The van der Waals surface area contributed by atoms with Crippen LogP contribution in [0.3, 0.4) is 0 Å². The molecule has 0 atom stereocenters. The second kappa shape index (κ2) is 7.53. The molecule has 9 heteroatoms. The van der Waals surface area contributed by atoms with Gasteiger partial charge in [0.05, 0.1) is 11.3 Å². The molecule has 0 spiro atoms. The zero-order chi connectivity index (χ0) is 21.4. The van der Waals surface area contributed by atoms with Crippen molar-refractivity contribution in [2.45, 2.75) is 6.92 Å². The molecular weight excluding hydrogens is 404 g/mol. The van der Waals surface area contributed by atoms with Crippen LogP contribution in [0.1, 0.15) is 12.5 Å². The Balaban J connectivity index is 1.73. The molecule has 1 saturated heterocycles. The van der Waals surface area contributed by atoms with E-state index in [1.165, 1.54) is 11.8 Å². The van der Waals surface area contributed by atoms with Crippen LogP contribution in [0.25, 0.3) is 5.57 Å². The van der Waals surface area contributed by atoms with E-state index in [-0.39, 0.29) is 22.9 Å². The van der Waals surface area contributed by atoms with Crippen LogP contribution >= 0.6 is 12.2 Å². The summed E-state index contributed by atoms with van der Waals surface area (Å²) in [4.78, 5) is 52.7. The van der Waals surface area contributed by atoms with Gasteiger partial charge in [0.15, 0.2) is 5.11 Å². The Kier molecular flexibility index (Phi) is 4.88. The summed E-state index contributed by atoms with van der Waals surface area (Å²) < 4.78 is 0. The molecule has 2 aromatic rings. The maximum atomic E-state index is 13.3. The number of carbonyl (C=O) groups excluding carboxylic acids is 4. The van der Waals surface area contributed by atoms with Gasteiger partial charge in [0, 0.05) is 18.2 Å². The van der Waals surface area contributed by atoms with Gasteiger partial charge < -0.3 is 5.32 Å². The SMILES string of the molecule is CC(=O)N1C(=S)NC(=O)/C1=C1/C(=O)N(CC(=O)Nc2ccccc2)c2ccccc21. The number of hydrogen-bond acceptors (Lipinski definition) is 5. The van der Waals surface area contributed by atoms with Crippen molar-refractivity contribution < 1.29 is 19.2 Å². The van der Waals surface area contributed by atoms with Gasteiger partial charge in [-0.2, -0.15) is 0 Å². The van der Waals surface area contributed by atoms with Gasteiger partial charge in [0.2, 0.25) is 11.8 Å². The van der Waals surface area contributed by atoms with Gasteiger partial charge in [0.25, 0.3) is 11.8 Å². The van der Waals surface area contributed by atoms with Crippen LogP contribution in [0.4, 0.5) is 11.4 Å². The quantitative estimate of drug-likeness (QED) is 0.581. The molecule has 4 amide bonds. The zero-order valence-corrected chi connectivity index (χ0v) is 16.7. The Hall–Kier alpha value is -3.85. The first kappa shape index (κ1) is 19.5. The smallest absolute Gasteiger partial charge is 0.275 e. The average Bonchev–Trinajstić information content (AvgIpc) is 3.15. The van der Waals surface area contributed by atoms with Crippen molar-refractivity contribution >= 4 is 57.9 Å². The van der Waals surface area contributed by atoms with E-state index in [4.69, 9.17) is 12.2 Å². The van der Waals surface area contributed by atoms with Crippen LogP contribution in [0.2, 0.25) is 0 Å². The number of nitrogens with one attached hydrogen (secondary N) is 2. The predicted molar refractivity (Wildman–Crippen MR) is 114 cm³/mol. The van der Waals surface area contributed by atoms with E-state index in [9.17, 15) is 19.2 Å². The first-order chi connectivity index (χ1) is 14.4. The van der Waals surface area contributed by atoms with E-state index in [1.807, 2.05) is 6.07 Å². The monoisotopic (exact) mass is 420 g/mol. The molecule has 2 aromatic carbocycles. The molecule has 2 aliphatic heterocycles. The topological polar surface area (TPSA) is 98.8 Å². The van der Waals surface area contributed by atoms with Crippen LogP contribution in [0.15, 0.2) is 60.3 Å². The van der Waals surface area contributed by atoms with Gasteiger partial charge in [-0.3, -0.25) is 34.3 Å². The Morgan fingerprint density at radius 1 is 1.03 bits per heavy atom. The van der Waals surface area contributed by atoms with Crippen molar-refractivity contribution in [1.29, 1.82) is 0 Å². The lowest BCUT2D eigenvalue weighted by Gasteiger charge is -2.17. The molecular formula is C21H16N4O4S. The lowest BCUT2D eigenvalue weighted by molar-refractivity contribution is -0.125. The average molecular weight is 420 g/mol. The van der Waals surface area contributed by atoms with E-state index in [2.05, 4.69) is 10.6 Å². The molecule has 30 heavy (non-hydrogen) atoms. The fourth-order valence-electron chi connectivity index (χ4n) is 3.47. The lowest BCUT2D eigenvalue weighted by atomic mass is 10.0. The van der Waals surface area contributed by atoms with Crippen molar-refractivity contribution in [3.8, 4) is 0 Å². The summed E-state index contributed by atoms with van der Waals surface area (Å²) in [7, 11) is 0. The normalized spacial score (nSPS) is 17.8. The second-order valence-corrected chi connectivity index (χ2v) is 7.05. The minimum atomic E-state index is -0.635. The van der Waals surface area contributed by atoms with Crippen LogP contribution < -0.4 is 15.5 Å². The zero-order valence-electron chi connectivity index (χ0n) is 15.8. The highest BCUT2D eigenvalue weighted by Gasteiger charge is 2.43. The molecule has 1 fully saturated rings. The van der Waals surface area contributed by atoms with Crippen molar-refractivity contribution in [2.24, 2.45) is 0 Å². The highest BCUT2D eigenvalue weighted by Crippen LogP contribution is 2.40. The predicted octanol–water partition coefficient (Wildman–Crippen LogP) is 1.65. The van der Waals surface area contributed by atoms with Crippen LogP contribution in [0, 0.1) is 0 Å². The minimum absolute atomic E-state index is 0.0330. The Labute approximate surface area is 177 Å². The fourth-order valence-corrected chi connectivity index (χ4v) is 3.79. The maximum absolute atomic E-state index is 13.3. The van der Waals surface area contributed by atoms with E-state index >= 15 is 0 Å². The molecule has 2 N–H and O–H groups in total. The number of para-hydroxylation sites is 2. The summed E-state index contributed by atoms with van der Waals surface area (Å²) in [6.45, 7) is 0.997. The Bertz CT molecular complexity index is 1140. The number of carbonyl (C=O) groups is 4. The van der Waals surface area contributed by atoms with Crippen molar-refractivity contribution in [3.05, 3.63) is 65.9 Å². The van der Waals surface area contributed by atoms with E-state index in [1.54, 1.807) is 48.5 Å². The molecule has 8 nitrogen and oxygen atoms in total. The van der Waals surface area contributed by atoms with E-state index < -0.39 is 23.6 Å². The Morgan fingerprint density at radius 3 is 2.40 bits per heavy atom. The van der Waals surface area contributed by atoms with Gasteiger partial charge in [-0.25, -0.2) is 0 Å². The standard InChI is InChI=1S/C21H16N4O4S/c1-12(26)25-18(19(28)23-21(25)30)17-14-9-5-6-10-15(14)24(20(17)29)11-16(27)22-13-7-3-2-4-8-13/h2-10H,11H2,1H3,(H,22,27)(H,23,28,30)/b18-17-. The van der Waals surface area contributed by atoms with Gasteiger partial charge in [0.1, 0.15) is 12.2 Å². The Morgan fingerprint density at radius 2 is 1.70 bits per heavy atom. The second-order valence-electron chi connectivity index (χ2n) is 6.66. The first-order valence-electron chi connectivity index (χ1n) is 9.05. The molecule has 0 aromatic heterocycles. The summed E-state index contributed by atoms with van der Waals surface area (Å²) in [6, 6.07) is 15.6. The number of nitrogens with zero attached hydrogens (tertiary/aromatic N) is 2. The number of benzene rings is 2. The highest BCUT2D eigenvalue weighted by molar-refractivity contribution is 7.80. The van der Waals surface area contributed by atoms with Crippen molar-refractivity contribution in [2.75, 3.05) is 16.8 Å². The van der Waals surface area contributed by atoms with E-state index in [0.29, 0.717) is 16.9 Å². The third kappa shape index (κ3) is 3.25. The number of thiocarbonyl (C=S) groups is 1. The summed E-state index contributed by atoms with van der Waals surface area (Å²) >= 11 is 5.07. The van der Waals surface area contributed by atoms with Crippen LogP contribution in [-0.4, -0.2) is 40.2 Å². The van der Waals surface area contributed by atoms with Crippen LogP contribution in [0.5, 0.6) is 0 Å². The van der Waals surface area contributed by atoms with Gasteiger partial charge in [-0.05, 0) is 30.4 Å². The number of amides is 4. The van der Waals surface area contributed by atoms with Gasteiger partial charge >= 0.3 is 0 Å². The molecule has 2 heterocycles. The third-order valence-corrected chi connectivity index (χ3v) is 4.98. The summed E-state index contributed by atoms with van der Waals surface area (Å²) in [5.41, 5.74) is 1.43. The molecule has 0 saturated carbocycles. The summed E-state index contributed by atoms with van der Waals surface area (Å²) in [6.07, 6.45) is 0. The molecule has 4 rings (SSSR count). The summed E-state index contributed by atoms with van der Waals surface area (Å²) in [5.74, 6) is -2.08. The largest absolute Gasteiger partial charge is 0.325 e. The third-order valence-electron chi connectivity index (χ3n) is 4.70. The lowest BCUT2D eigenvalue weighted by Crippen LogP contribution is -2.36. The highest BCUT2D eigenvalue weighted by atomic mass is 32.1. The minimum Gasteiger partial charge on any atom is -0.325 e. The number of fused-ring (bicyclic) bond motifs is 1. The molecule has 0 bridgehead atoms. The molecule has 150 valence electrons. The first-order valence-corrected chi connectivity index (χ1v) is 9.45. The van der Waals surface area contributed by atoms with Crippen molar-refractivity contribution in [1.82, 2.24) is 10.2 Å². The maximum Gasteiger partial charge on any atom is 0.275 e. The molecule has 2 aliphatic rings. The van der Waals surface area contributed by atoms with Crippen LogP contribution in [-0.2, 0) is 19.2 Å². The van der Waals surface area contributed by atoms with Gasteiger partial charge in [-0.1, -0.05) is 36.4 Å². The molecule has 0 radical (unpaired) electrons. The van der Waals surface area contributed by atoms with Gasteiger partial charge in [-0.15, -0.1) is 0 Å². The molecule has 0 aliphatic carbocycles.